The number of carbonyl (C=O) groups excluding carboxylic acids is 2. The van der Waals surface area contributed by atoms with Crippen molar-refractivity contribution in [2.45, 2.75) is 31.1 Å². The summed E-state index contributed by atoms with van der Waals surface area (Å²) in [5, 5.41) is 9.89. The number of nitrogens with one attached hydrogen (secondary N) is 1. The van der Waals surface area contributed by atoms with Gasteiger partial charge >= 0.3 is 0 Å². The maximum Gasteiger partial charge on any atom is 0.262 e. The molecule has 3 heterocycles. The molecule has 2 aliphatic rings. The molecule has 1 aromatic heterocycles. The van der Waals surface area contributed by atoms with Gasteiger partial charge in [0.2, 0.25) is 5.91 Å². The number of nitrogens with zero attached hydrogens (tertiary/aromatic N) is 3. The van der Waals surface area contributed by atoms with Crippen LogP contribution in [-0.2, 0) is 9.59 Å². The number of hydrogen-bond donors (Lipinski definition) is 1. The molecule has 5 rings (SSSR count). The number of anilines is 1. The minimum Gasteiger partial charge on any atom is -0.467 e. The van der Waals surface area contributed by atoms with Crippen LogP contribution in [0, 0.1) is 6.92 Å². The van der Waals surface area contributed by atoms with Gasteiger partial charge in [0.1, 0.15) is 17.1 Å². The predicted molar refractivity (Wildman–Crippen MR) is 134 cm³/mol. The summed E-state index contributed by atoms with van der Waals surface area (Å²) in [5.74, 6) is 0.156. The summed E-state index contributed by atoms with van der Waals surface area (Å²) < 4.78 is 5.66. The topological polar surface area (TPSA) is 87.3 Å². The number of carbonyl (C=O) groups is 2. The van der Waals surface area contributed by atoms with E-state index in [1.165, 1.54) is 11.8 Å². The smallest absolute Gasteiger partial charge is 0.262 e. The second-order valence-electron chi connectivity index (χ2n) is 8.04. The van der Waals surface area contributed by atoms with Crippen LogP contribution in [0.3, 0.4) is 0 Å². The zero-order valence-electron chi connectivity index (χ0n) is 18.3. The average Bonchev–Trinajstić information content (AvgIpc) is 3.56. The molecule has 2 aliphatic heterocycles. The first-order chi connectivity index (χ1) is 16.5. The van der Waals surface area contributed by atoms with E-state index in [0.717, 1.165) is 28.3 Å². The van der Waals surface area contributed by atoms with E-state index in [1.54, 1.807) is 11.3 Å². The molecule has 7 nitrogen and oxygen atoms in total. The third-order valence-electron chi connectivity index (χ3n) is 5.67. The van der Waals surface area contributed by atoms with Gasteiger partial charge in [0.25, 0.3) is 5.91 Å². The number of thioether (sulfide) groups is 1. The number of hydrogen-bond acceptors (Lipinski definition) is 6. The number of benzene rings is 2. The molecular formula is C25H21ClN4O3S. The molecule has 172 valence electrons. The number of halogens is 1. The zero-order chi connectivity index (χ0) is 23.7. The Hall–Kier alpha value is -3.36. The van der Waals surface area contributed by atoms with Gasteiger partial charge in [0.05, 0.1) is 12.0 Å². The molecule has 0 fully saturated rings. The fraction of sp³-hybridized carbons (Fsp3) is 0.200. The first-order valence-electron chi connectivity index (χ1n) is 10.8. The molecule has 0 saturated carbocycles. The Morgan fingerprint density at radius 3 is 2.71 bits per heavy atom. The van der Waals surface area contributed by atoms with Crippen LogP contribution in [0.5, 0.6) is 0 Å². The van der Waals surface area contributed by atoms with Crippen molar-refractivity contribution in [1.82, 2.24) is 5.01 Å². The monoisotopic (exact) mass is 492 g/mol. The van der Waals surface area contributed by atoms with E-state index in [9.17, 15) is 9.59 Å². The van der Waals surface area contributed by atoms with Crippen LogP contribution < -0.4 is 5.32 Å². The number of rotatable bonds is 5. The summed E-state index contributed by atoms with van der Waals surface area (Å²) in [7, 11) is 0. The summed E-state index contributed by atoms with van der Waals surface area (Å²) in [6.07, 6.45) is 2.22. The van der Waals surface area contributed by atoms with E-state index in [1.807, 2.05) is 67.6 Å². The molecule has 34 heavy (non-hydrogen) atoms. The lowest BCUT2D eigenvalue weighted by molar-refractivity contribution is -0.121. The van der Waals surface area contributed by atoms with E-state index in [-0.39, 0.29) is 24.3 Å². The number of amidine groups is 1. The molecule has 3 aromatic rings. The highest BCUT2D eigenvalue weighted by molar-refractivity contribution is 8.15. The van der Waals surface area contributed by atoms with Crippen LogP contribution in [0.25, 0.3) is 0 Å². The van der Waals surface area contributed by atoms with Gasteiger partial charge in [-0.15, -0.1) is 0 Å². The molecule has 2 atom stereocenters. The Labute approximate surface area is 205 Å². The highest BCUT2D eigenvalue weighted by Crippen LogP contribution is 2.38. The molecule has 0 spiro atoms. The van der Waals surface area contributed by atoms with Crippen LogP contribution >= 0.6 is 23.4 Å². The molecule has 2 unspecified atom stereocenters. The molecule has 0 radical (unpaired) electrons. The molecule has 2 aromatic carbocycles. The number of furan rings is 1. The first kappa shape index (κ1) is 22.4. The maximum atomic E-state index is 12.7. The van der Waals surface area contributed by atoms with Gasteiger partial charge in [-0.25, -0.2) is 5.01 Å². The summed E-state index contributed by atoms with van der Waals surface area (Å²) in [4.78, 5) is 29.5. The van der Waals surface area contributed by atoms with Crippen molar-refractivity contribution in [1.29, 1.82) is 0 Å². The van der Waals surface area contributed by atoms with Crippen LogP contribution in [0.1, 0.15) is 35.8 Å². The lowest BCUT2D eigenvalue weighted by atomic mass is 10.0. The van der Waals surface area contributed by atoms with Crippen molar-refractivity contribution >= 4 is 51.7 Å². The first-order valence-corrected chi connectivity index (χ1v) is 12.0. The lowest BCUT2D eigenvalue weighted by Gasteiger charge is -2.21. The number of hydrazone groups is 1. The van der Waals surface area contributed by atoms with Gasteiger partial charge in [-0.2, -0.15) is 10.1 Å². The molecule has 2 amide bonds. The average molecular weight is 493 g/mol. The standard InChI is InChI=1S/C25H21ClN4O3S/c1-15-5-2-3-6-18(15)27-23(31)14-22-24(32)28-25(34-22)30-20(21-7-4-12-33-21)13-19(29-30)16-8-10-17(26)11-9-16/h2-12,20,22H,13-14H2,1H3,(H,27,31). The third-order valence-corrected chi connectivity index (χ3v) is 7.07. The van der Waals surface area contributed by atoms with Crippen molar-refractivity contribution in [3.8, 4) is 0 Å². The van der Waals surface area contributed by atoms with Crippen LogP contribution in [-0.4, -0.2) is 33.0 Å². The summed E-state index contributed by atoms with van der Waals surface area (Å²) in [6, 6.07) is 18.5. The summed E-state index contributed by atoms with van der Waals surface area (Å²) in [5.41, 5.74) is 3.47. The highest BCUT2D eigenvalue weighted by Gasteiger charge is 2.40. The number of amides is 2. The fourth-order valence-electron chi connectivity index (χ4n) is 3.89. The number of aryl methyl sites for hydroxylation is 1. The summed E-state index contributed by atoms with van der Waals surface area (Å²) >= 11 is 7.29. The highest BCUT2D eigenvalue weighted by atomic mass is 35.5. The van der Waals surface area contributed by atoms with Gasteiger partial charge < -0.3 is 9.73 Å². The van der Waals surface area contributed by atoms with E-state index in [2.05, 4.69) is 10.3 Å². The Kier molecular flexibility index (Phi) is 6.26. The lowest BCUT2D eigenvalue weighted by Crippen LogP contribution is -2.25. The molecule has 0 aliphatic carbocycles. The molecule has 0 saturated heterocycles. The molecular weight excluding hydrogens is 472 g/mol. The Balaban J connectivity index is 1.33. The SMILES string of the molecule is Cc1ccccc1NC(=O)CC1SC(N2N=C(c3ccc(Cl)cc3)CC2c2ccco2)=NC1=O. The number of para-hydroxylation sites is 1. The second kappa shape index (κ2) is 9.48. The van der Waals surface area contributed by atoms with Gasteiger partial charge in [0.15, 0.2) is 5.17 Å². The van der Waals surface area contributed by atoms with Crippen molar-refractivity contribution in [2.24, 2.45) is 10.1 Å². The largest absolute Gasteiger partial charge is 0.467 e. The second-order valence-corrected chi connectivity index (χ2v) is 9.65. The number of aliphatic imine (C=N–C) groups is 1. The molecule has 0 bridgehead atoms. The van der Waals surface area contributed by atoms with Crippen molar-refractivity contribution in [3.05, 3.63) is 88.8 Å². The minimum absolute atomic E-state index is 0.0256. The van der Waals surface area contributed by atoms with Gasteiger partial charge in [0, 0.05) is 23.6 Å². The van der Waals surface area contributed by atoms with Crippen molar-refractivity contribution in [2.75, 3.05) is 5.32 Å². The third kappa shape index (κ3) is 4.64. The van der Waals surface area contributed by atoms with E-state index >= 15 is 0 Å². The van der Waals surface area contributed by atoms with Crippen LogP contribution in [0.4, 0.5) is 5.69 Å². The Morgan fingerprint density at radius 2 is 1.97 bits per heavy atom. The Morgan fingerprint density at radius 1 is 1.18 bits per heavy atom. The Bertz CT molecular complexity index is 1290. The van der Waals surface area contributed by atoms with Crippen LogP contribution in [0.2, 0.25) is 5.02 Å². The van der Waals surface area contributed by atoms with E-state index in [0.29, 0.717) is 16.6 Å². The van der Waals surface area contributed by atoms with Gasteiger partial charge in [-0.1, -0.05) is 53.7 Å². The quantitative estimate of drug-likeness (QED) is 0.514. The van der Waals surface area contributed by atoms with Gasteiger partial charge in [-0.05, 0) is 48.4 Å². The van der Waals surface area contributed by atoms with Gasteiger partial charge in [-0.3, -0.25) is 9.59 Å². The normalized spacial score (nSPS) is 19.8. The van der Waals surface area contributed by atoms with Crippen molar-refractivity contribution in [3.63, 3.8) is 0 Å². The van der Waals surface area contributed by atoms with E-state index < -0.39 is 5.25 Å². The molecule has 1 N–H and O–H groups in total. The van der Waals surface area contributed by atoms with Crippen molar-refractivity contribution < 1.29 is 14.0 Å². The van der Waals surface area contributed by atoms with Crippen LogP contribution in [0.15, 0.2) is 81.4 Å². The maximum absolute atomic E-state index is 12.7. The summed E-state index contributed by atoms with van der Waals surface area (Å²) in [6.45, 7) is 1.92. The molecule has 9 heteroatoms. The predicted octanol–water partition coefficient (Wildman–Crippen LogP) is 5.42. The van der Waals surface area contributed by atoms with E-state index in [4.69, 9.17) is 21.1 Å². The minimum atomic E-state index is -0.606. The zero-order valence-corrected chi connectivity index (χ0v) is 19.8. The fourth-order valence-corrected chi connectivity index (χ4v) is 5.08.